The van der Waals surface area contributed by atoms with Gasteiger partial charge in [0.2, 0.25) is 5.91 Å². The number of rotatable bonds is 8. The van der Waals surface area contributed by atoms with E-state index in [1.54, 1.807) is 36.4 Å². The summed E-state index contributed by atoms with van der Waals surface area (Å²) >= 11 is 0. The van der Waals surface area contributed by atoms with Crippen LogP contribution in [0.1, 0.15) is 58.2 Å². The molecule has 5 rings (SSSR count). The molecule has 9 heteroatoms. The highest BCUT2D eigenvalue weighted by molar-refractivity contribution is 6.09. The number of methoxy groups -OCH3 is 1. The maximum absolute atomic E-state index is 14.0. The van der Waals surface area contributed by atoms with Crippen molar-refractivity contribution in [2.45, 2.75) is 37.8 Å². The summed E-state index contributed by atoms with van der Waals surface area (Å²) in [6.07, 6.45) is 5.33. The Morgan fingerprint density at radius 1 is 1.00 bits per heavy atom. The smallest absolute Gasteiger partial charge is 0.337 e. The zero-order valence-electron chi connectivity index (χ0n) is 22.0. The minimum Gasteiger partial charge on any atom is -0.465 e. The third-order valence-corrected chi connectivity index (χ3v) is 7.29. The number of carbonyl (C=O) groups is 3. The van der Waals surface area contributed by atoms with Crippen molar-refractivity contribution in [1.82, 2.24) is 5.32 Å². The second kappa shape index (κ2) is 12.2. The predicted octanol–water partition coefficient (Wildman–Crippen LogP) is 4.35. The zero-order chi connectivity index (χ0) is 27.2. The van der Waals surface area contributed by atoms with Gasteiger partial charge in [-0.15, -0.1) is 0 Å². The van der Waals surface area contributed by atoms with Crippen LogP contribution in [0.2, 0.25) is 0 Å². The number of amides is 2. The van der Waals surface area contributed by atoms with Crippen LogP contribution in [-0.4, -0.2) is 57.2 Å². The van der Waals surface area contributed by atoms with Gasteiger partial charge in [0.15, 0.2) is 5.76 Å². The molecule has 1 N–H and O–H groups in total. The molecule has 1 aliphatic heterocycles. The molecule has 1 aliphatic carbocycles. The second-order valence-electron chi connectivity index (χ2n) is 9.78. The van der Waals surface area contributed by atoms with Gasteiger partial charge in [-0.2, -0.15) is 0 Å². The SMILES string of the molecule is COC(=O)c1cccc(N(C(=O)c2ccco2)[C@@H](C(=O)NC2CCCC2)c2ccc(N3CCOCC3)cc2)c1. The summed E-state index contributed by atoms with van der Waals surface area (Å²) in [5.74, 6) is -1.23. The van der Waals surface area contributed by atoms with E-state index in [-0.39, 0.29) is 23.3 Å². The van der Waals surface area contributed by atoms with Crippen molar-refractivity contribution in [2.24, 2.45) is 0 Å². The fraction of sp³-hybridized carbons (Fsp3) is 0.367. The first-order chi connectivity index (χ1) is 19.0. The van der Waals surface area contributed by atoms with Crippen LogP contribution < -0.4 is 15.1 Å². The lowest BCUT2D eigenvalue weighted by atomic mass is 10.0. The summed E-state index contributed by atoms with van der Waals surface area (Å²) in [4.78, 5) is 43.9. The molecule has 0 unspecified atom stereocenters. The van der Waals surface area contributed by atoms with Gasteiger partial charge in [-0.3, -0.25) is 14.5 Å². The number of esters is 1. The Hall–Kier alpha value is -4.11. The van der Waals surface area contributed by atoms with E-state index in [0.29, 0.717) is 24.5 Å². The number of anilines is 2. The van der Waals surface area contributed by atoms with Crippen LogP contribution in [-0.2, 0) is 14.3 Å². The first-order valence-corrected chi connectivity index (χ1v) is 13.3. The van der Waals surface area contributed by atoms with Gasteiger partial charge in [0.05, 0.1) is 32.2 Å². The lowest BCUT2D eigenvalue weighted by Gasteiger charge is -2.33. The number of benzene rings is 2. The summed E-state index contributed by atoms with van der Waals surface area (Å²) in [6.45, 7) is 2.90. The molecule has 39 heavy (non-hydrogen) atoms. The van der Waals surface area contributed by atoms with Crippen molar-refractivity contribution in [3.8, 4) is 0 Å². The number of hydrogen-bond donors (Lipinski definition) is 1. The molecule has 0 bridgehead atoms. The summed E-state index contributed by atoms with van der Waals surface area (Å²) in [6, 6.07) is 16.5. The van der Waals surface area contributed by atoms with Gasteiger partial charge in [0.1, 0.15) is 6.04 Å². The van der Waals surface area contributed by atoms with Crippen LogP contribution in [0.25, 0.3) is 0 Å². The fourth-order valence-corrected chi connectivity index (χ4v) is 5.26. The van der Waals surface area contributed by atoms with Crippen molar-refractivity contribution in [2.75, 3.05) is 43.2 Å². The molecule has 0 radical (unpaired) electrons. The van der Waals surface area contributed by atoms with Crippen LogP contribution in [0.5, 0.6) is 0 Å². The van der Waals surface area contributed by atoms with Gasteiger partial charge in [-0.25, -0.2) is 4.79 Å². The normalized spacial score (nSPS) is 16.5. The molecule has 2 aliphatic rings. The summed E-state index contributed by atoms with van der Waals surface area (Å²) in [5, 5.41) is 3.17. The quantitative estimate of drug-likeness (QED) is 0.431. The Balaban J connectivity index is 1.57. The van der Waals surface area contributed by atoms with Crippen molar-refractivity contribution >= 4 is 29.2 Å². The highest BCUT2D eigenvalue weighted by Crippen LogP contribution is 2.33. The van der Waals surface area contributed by atoms with Gasteiger partial charge < -0.3 is 24.1 Å². The van der Waals surface area contributed by atoms with Crippen molar-refractivity contribution in [1.29, 1.82) is 0 Å². The zero-order valence-corrected chi connectivity index (χ0v) is 22.0. The van der Waals surface area contributed by atoms with Gasteiger partial charge >= 0.3 is 5.97 Å². The third-order valence-electron chi connectivity index (χ3n) is 7.29. The number of ether oxygens (including phenoxy) is 2. The lowest BCUT2D eigenvalue weighted by molar-refractivity contribution is -0.123. The molecule has 2 heterocycles. The Morgan fingerprint density at radius 2 is 1.74 bits per heavy atom. The second-order valence-corrected chi connectivity index (χ2v) is 9.78. The van der Waals surface area contributed by atoms with Gasteiger partial charge in [0.25, 0.3) is 5.91 Å². The number of carbonyl (C=O) groups excluding carboxylic acids is 3. The standard InChI is InChI=1S/C30H33N3O6/c1-37-30(36)22-6-4-9-25(20-22)33(29(35)26-10-5-17-39-26)27(28(34)31-23-7-2-3-8-23)21-11-13-24(14-12-21)32-15-18-38-19-16-32/h4-6,9-14,17,20,23,27H,2-3,7-8,15-16,18-19H2,1H3,(H,31,34)/t27-/m1/s1. The van der Waals surface area contributed by atoms with E-state index in [1.165, 1.54) is 18.3 Å². The first-order valence-electron chi connectivity index (χ1n) is 13.3. The fourth-order valence-electron chi connectivity index (χ4n) is 5.26. The number of furan rings is 1. The van der Waals surface area contributed by atoms with E-state index in [9.17, 15) is 14.4 Å². The molecule has 2 fully saturated rings. The molecule has 1 saturated heterocycles. The molecule has 1 saturated carbocycles. The Morgan fingerprint density at radius 3 is 2.41 bits per heavy atom. The van der Waals surface area contributed by atoms with E-state index in [2.05, 4.69) is 10.2 Å². The van der Waals surface area contributed by atoms with Crippen molar-refractivity contribution < 1.29 is 28.3 Å². The van der Waals surface area contributed by atoms with E-state index in [4.69, 9.17) is 13.9 Å². The van der Waals surface area contributed by atoms with Crippen LogP contribution in [0.15, 0.2) is 71.3 Å². The molecule has 3 aromatic rings. The minimum atomic E-state index is -1.00. The van der Waals surface area contributed by atoms with E-state index < -0.39 is 17.9 Å². The van der Waals surface area contributed by atoms with E-state index >= 15 is 0 Å². The number of morpholine rings is 1. The molecule has 0 spiro atoms. The van der Waals surface area contributed by atoms with E-state index in [0.717, 1.165) is 44.5 Å². The number of hydrogen-bond acceptors (Lipinski definition) is 7. The Labute approximate surface area is 227 Å². The highest BCUT2D eigenvalue weighted by atomic mass is 16.5. The first kappa shape index (κ1) is 26.5. The molecule has 9 nitrogen and oxygen atoms in total. The van der Waals surface area contributed by atoms with Gasteiger partial charge in [-0.05, 0) is 60.9 Å². The summed E-state index contributed by atoms with van der Waals surface area (Å²) in [5.41, 5.74) is 2.31. The molecular formula is C30H33N3O6. The Kier molecular flexibility index (Phi) is 8.27. The summed E-state index contributed by atoms with van der Waals surface area (Å²) in [7, 11) is 1.30. The van der Waals surface area contributed by atoms with Crippen molar-refractivity contribution in [3.63, 3.8) is 0 Å². The molecular weight excluding hydrogens is 498 g/mol. The third kappa shape index (κ3) is 5.98. The maximum atomic E-state index is 14.0. The van der Waals surface area contributed by atoms with E-state index in [1.807, 2.05) is 24.3 Å². The maximum Gasteiger partial charge on any atom is 0.337 e. The van der Waals surface area contributed by atoms with Gasteiger partial charge in [-0.1, -0.05) is 31.0 Å². The number of nitrogens with zero attached hydrogens (tertiary/aromatic N) is 2. The van der Waals surface area contributed by atoms with Crippen LogP contribution in [0, 0.1) is 0 Å². The minimum absolute atomic E-state index is 0.0505. The molecule has 1 aromatic heterocycles. The molecule has 204 valence electrons. The lowest BCUT2D eigenvalue weighted by Crippen LogP contribution is -2.46. The summed E-state index contributed by atoms with van der Waals surface area (Å²) < 4.78 is 15.8. The number of nitrogens with one attached hydrogen (secondary N) is 1. The average Bonchev–Trinajstić information content (AvgIpc) is 3.71. The van der Waals surface area contributed by atoms with Crippen molar-refractivity contribution in [3.05, 3.63) is 83.8 Å². The van der Waals surface area contributed by atoms with Crippen LogP contribution in [0.3, 0.4) is 0 Å². The highest BCUT2D eigenvalue weighted by Gasteiger charge is 2.36. The molecule has 2 amide bonds. The monoisotopic (exact) mass is 531 g/mol. The van der Waals surface area contributed by atoms with Gasteiger partial charge in [0, 0.05) is 30.5 Å². The largest absolute Gasteiger partial charge is 0.465 e. The van der Waals surface area contributed by atoms with Crippen LogP contribution >= 0.6 is 0 Å². The average molecular weight is 532 g/mol. The predicted molar refractivity (Wildman–Crippen MR) is 146 cm³/mol. The van der Waals surface area contributed by atoms with Crippen LogP contribution in [0.4, 0.5) is 11.4 Å². The molecule has 2 aromatic carbocycles. The molecule has 1 atom stereocenters. The Bertz CT molecular complexity index is 1280. The topological polar surface area (TPSA) is 101 Å².